The van der Waals surface area contributed by atoms with E-state index in [0.717, 1.165) is 54.9 Å². The molecule has 1 aromatic carbocycles. The van der Waals surface area contributed by atoms with E-state index in [1.165, 1.54) is 19.3 Å². The smallest absolute Gasteiger partial charge is 0.225 e. The molecule has 0 radical (unpaired) electrons. The van der Waals surface area contributed by atoms with E-state index in [1.54, 1.807) is 0 Å². The van der Waals surface area contributed by atoms with Crippen LogP contribution in [0.15, 0.2) is 30.3 Å². The summed E-state index contributed by atoms with van der Waals surface area (Å²) < 4.78 is 1.89. The van der Waals surface area contributed by atoms with Gasteiger partial charge in [0.15, 0.2) is 0 Å². The second kappa shape index (κ2) is 11.3. The van der Waals surface area contributed by atoms with Crippen molar-refractivity contribution >= 4 is 24.0 Å². The Bertz CT molecular complexity index is 769. The zero-order valence-corrected chi connectivity index (χ0v) is 18.6. The van der Waals surface area contributed by atoms with Crippen molar-refractivity contribution in [2.45, 2.75) is 39.5 Å². The van der Waals surface area contributed by atoms with Gasteiger partial charge < -0.3 is 15.5 Å². The van der Waals surface area contributed by atoms with Gasteiger partial charge in [-0.05, 0) is 77.8 Å². The quantitative estimate of drug-likeness (QED) is 0.686. The molecule has 1 saturated heterocycles. The average Bonchev–Trinajstić information content (AvgIpc) is 3.00. The van der Waals surface area contributed by atoms with Gasteiger partial charge in [0.25, 0.3) is 0 Å². The van der Waals surface area contributed by atoms with Gasteiger partial charge in [0.2, 0.25) is 5.91 Å². The van der Waals surface area contributed by atoms with Gasteiger partial charge in [-0.25, -0.2) is 4.68 Å². The molecule has 29 heavy (non-hydrogen) atoms. The van der Waals surface area contributed by atoms with Gasteiger partial charge in [-0.2, -0.15) is 5.10 Å². The van der Waals surface area contributed by atoms with Gasteiger partial charge in [0.05, 0.1) is 22.8 Å². The van der Waals surface area contributed by atoms with Crippen molar-refractivity contribution in [1.82, 2.24) is 20.0 Å². The van der Waals surface area contributed by atoms with E-state index >= 15 is 0 Å². The van der Waals surface area contributed by atoms with Crippen molar-refractivity contribution in [1.29, 1.82) is 0 Å². The predicted octanol–water partition coefficient (Wildman–Crippen LogP) is 3.56. The summed E-state index contributed by atoms with van der Waals surface area (Å²) in [6.45, 7) is 8.08. The van der Waals surface area contributed by atoms with E-state index in [9.17, 15) is 4.79 Å². The number of rotatable bonds is 8. The predicted molar refractivity (Wildman–Crippen MR) is 121 cm³/mol. The maximum Gasteiger partial charge on any atom is 0.225 e. The van der Waals surface area contributed by atoms with Crippen LogP contribution in [0.5, 0.6) is 0 Å². The molecule has 0 spiro atoms. The Morgan fingerprint density at radius 2 is 1.86 bits per heavy atom. The summed E-state index contributed by atoms with van der Waals surface area (Å²) >= 11 is 0. The summed E-state index contributed by atoms with van der Waals surface area (Å²) in [7, 11) is 2.01. The number of carbonyl (C=O) groups is 1. The van der Waals surface area contributed by atoms with Crippen LogP contribution in [0.3, 0.4) is 0 Å². The molecule has 1 aliphatic heterocycles. The summed E-state index contributed by atoms with van der Waals surface area (Å²) in [6.07, 6.45) is 4.27. The van der Waals surface area contributed by atoms with Crippen LogP contribution in [0.25, 0.3) is 5.69 Å². The molecule has 1 fully saturated rings. The highest BCUT2D eigenvalue weighted by molar-refractivity contribution is 5.92. The van der Waals surface area contributed by atoms with Crippen molar-refractivity contribution in [2.24, 2.45) is 5.92 Å². The second-order valence-corrected chi connectivity index (χ2v) is 7.77. The fourth-order valence-corrected chi connectivity index (χ4v) is 3.95. The standard InChI is InChI=1S/C22H33N5O.ClH/c1-17-22(18(2)27(25-17)20-7-5-4-6-8-20)24-21(28)12-16-26-14-10-19(11-15-26)9-13-23-3;/h4-8,19,23H,9-16H2,1-3H3,(H,24,28);1H. The molecule has 2 heterocycles. The number of halogens is 1. The fourth-order valence-electron chi connectivity index (χ4n) is 3.95. The number of anilines is 1. The summed E-state index contributed by atoms with van der Waals surface area (Å²) in [5.41, 5.74) is 3.65. The zero-order valence-electron chi connectivity index (χ0n) is 17.8. The lowest BCUT2D eigenvalue weighted by Gasteiger charge is -2.31. The Labute approximate surface area is 180 Å². The number of aryl methyl sites for hydroxylation is 1. The maximum absolute atomic E-state index is 12.5. The lowest BCUT2D eigenvalue weighted by molar-refractivity contribution is -0.116. The van der Waals surface area contributed by atoms with Crippen LogP contribution in [0.1, 0.15) is 37.1 Å². The highest BCUT2D eigenvalue weighted by Crippen LogP contribution is 2.23. The molecule has 2 N–H and O–H groups in total. The number of likely N-dealkylation sites (tertiary alicyclic amines) is 1. The number of hydrogen-bond donors (Lipinski definition) is 2. The molecule has 3 rings (SSSR count). The number of amides is 1. The Balaban J connectivity index is 0.00000300. The molecule has 0 atom stereocenters. The van der Waals surface area contributed by atoms with Gasteiger partial charge in [0, 0.05) is 13.0 Å². The van der Waals surface area contributed by atoms with Crippen molar-refractivity contribution in [3.05, 3.63) is 41.7 Å². The van der Waals surface area contributed by atoms with Crippen LogP contribution >= 0.6 is 12.4 Å². The molecule has 0 saturated carbocycles. The minimum Gasteiger partial charge on any atom is -0.323 e. The third kappa shape index (κ3) is 6.29. The highest BCUT2D eigenvalue weighted by Gasteiger charge is 2.20. The topological polar surface area (TPSA) is 62.2 Å². The first-order chi connectivity index (χ1) is 13.6. The number of benzene rings is 1. The molecular formula is C22H34ClN5O. The Hall–Kier alpha value is -1.89. The summed E-state index contributed by atoms with van der Waals surface area (Å²) in [5.74, 6) is 0.891. The van der Waals surface area contributed by atoms with E-state index in [0.29, 0.717) is 6.42 Å². The number of piperidine rings is 1. The monoisotopic (exact) mass is 419 g/mol. The minimum atomic E-state index is 0. The normalized spacial score (nSPS) is 15.1. The van der Waals surface area contributed by atoms with Gasteiger partial charge >= 0.3 is 0 Å². The number of hydrogen-bond acceptors (Lipinski definition) is 4. The molecule has 2 aromatic rings. The van der Waals surface area contributed by atoms with Crippen LogP contribution < -0.4 is 10.6 Å². The van der Waals surface area contributed by atoms with E-state index in [-0.39, 0.29) is 18.3 Å². The first-order valence-corrected chi connectivity index (χ1v) is 10.4. The largest absolute Gasteiger partial charge is 0.323 e. The first-order valence-electron chi connectivity index (χ1n) is 10.4. The molecule has 1 amide bonds. The van der Waals surface area contributed by atoms with E-state index in [1.807, 2.05) is 55.9 Å². The van der Waals surface area contributed by atoms with E-state index < -0.39 is 0 Å². The lowest BCUT2D eigenvalue weighted by Crippen LogP contribution is -2.36. The number of carbonyl (C=O) groups excluding carboxylic acids is 1. The van der Waals surface area contributed by atoms with E-state index in [2.05, 4.69) is 20.6 Å². The maximum atomic E-state index is 12.5. The molecule has 1 aromatic heterocycles. The van der Waals surface area contributed by atoms with Gasteiger partial charge in [0.1, 0.15) is 0 Å². The molecule has 160 valence electrons. The zero-order chi connectivity index (χ0) is 19.9. The van der Waals surface area contributed by atoms with Crippen molar-refractivity contribution < 1.29 is 4.79 Å². The molecule has 0 aliphatic carbocycles. The Morgan fingerprint density at radius 3 is 2.52 bits per heavy atom. The van der Waals surface area contributed by atoms with Gasteiger partial charge in [-0.1, -0.05) is 18.2 Å². The summed E-state index contributed by atoms with van der Waals surface area (Å²) in [6, 6.07) is 10.0. The lowest BCUT2D eigenvalue weighted by atomic mass is 9.93. The Morgan fingerprint density at radius 1 is 1.17 bits per heavy atom. The van der Waals surface area contributed by atoms with Crippen molar-refractivity contribution in [2.75, 3.05) is 38.5 Å². The second-order valence-electron chi connectivity index (χ2n) is 7.77. The fraction of sp³-hybridized carbons (Fsp3) is 0.545. The average molecular weight is 420 g/mol. The number of para-hydroxylation sites is 1. The van der Waals surface area contributed by atoms with Crippen LogP contribution in [-0.2, 0) is 4.79 Å². The first kappa shape index (κ1) is 23.4. The molecule has 1 aliphatic rings. The van der Waals surface area contributed by atoms with Crippen molar-refractivity contribution in [3.63, 3.8) is 0 Å². The van der Waals surface area contributed by atoms with Gasteiger partial charge in [-0.3, -0.25) is 4.79 Å². The summed E-state index contributed by atoms with van der Waals surface area (Å²) in [5, 5.41) is 10.9. The number of nitrogens with zero attached hydrogens (tertiary/aromatic N) is 3. The van der Waals surface area contributed by atoms with Gasteiger partial charge in [-0.15, -0.1) is 12.4 Å². The number of nitrogens with one attached hydrogen (secondary N) is 2. The third-order valence-electron chi connectivity index (χ3n) is 5.72. The number of aromatic nitrogens is 2. The summed E-state index contributed by atoms with van der Waals surface area (Å²) in [4.78, 5) is 14.9. The van der Waals surface area contributed by atoms with Crippen LogP contribution in [0.2, 0.25) is 0 Å². The molecule has 0 unspecified atom stereocenters. The molecular weight excluding hydrogens is 386 g/mol. The minimum absolute atomic E-state index is 0. The highest BCUT2D eigenvalue weighted by atomic mass is 35.5. The molecule has 6 nitrogen and oxygen atoms in total. The van der Waals surface area contributed by atoms with E-state index in [4.69, 9.17) is 0 Å². The third-order valence-corrected chi connectivity index (χ3v) is 5.72. The Kier molecular flexibility index (Phi) is 9.14. The van der Waals surface area contributed by atoms with Crippen LogP contribution in [0.4, 0.5) is 5.69 Å². The SMILES string of the molecule is CNCCC1CCN(CCC(=O)Nc2c(C)nn(-c3ccccc3)c2C)CC1.Cl. The molecule has 0 bridgehead atoms. The molecule has 7 heteroatoms. The van der Waals surface area contributed by atoms with Crippen molar-refractivity contribution in [3.8, 4) is 5.69 Å². The van der Waals surface area contributed by atoms with Crippen LogP contribution in [-0.4, -0.2) is 53.8 Å². The van der Waals surface area contributed by atoms with Crippen LogP contribution in [0, 0.1) is 19.8 Å².